The van der Waals surface area contributed by atoms with Gasteiger partial charge in [0, 0.05) is 11.1 Å². The summed E-state index contributed by atoms with van der Waals surface area (Å²) in [5.74, 6) is 0. The molecular weight excluding hydrogens is 512 g/mol. The maximum Gasteiger partial charge on any atom is 4.00 e. The molecule has 0 bridgehead atoms. The number of halogens is 2. The summed E-state index contributed by atoms with van der Waals surface area (Å²) in [6, 6.07) is 24.0. The number of benzene rings is 2. The molecule has 1 nitrogen and oxygen atoms in total. The summed E-state index contributed by atoms with van der Waals surface area (Å²) < 4.78 is 2.37. The molecule has 1 heterocycles. The molecule has 0 radical (unpaired) electrons. The summed E-state index contributed by atoms with van der Waals surface area (Å²) in [6.07, 6.45) is 0. The smallest absolute Gasteiger partial charge is 1.00 e. The second kappa shape index (κ2) is 11.5. The summed E-state index contributed by atoms with van der Waals surface area (Å²) in [5, 5.41) is 3.95. The van der Waals surface area contributed by atoms with E-state index < -0.39 is 0 Å². The van der Waals surface area contributed by atoms with E-state index in [0.29, 0.717) is 0 Å². The van der Waals surface area contributed by atoms with Crippen molar-refractivity contribution in [2.75, 3.05) is 0 Å². The Morgan fingerprint density at radius 2 is 1.44 bits per heavy atom. The minimum absolute atomic E-state index is 0. The Labute approximate surface area is 223 Å². The number of rotatable bonds is 1. The molecule has 0 aliphatic heterocycles. The molecule has 4 aromatic carbocycles. The first-order valence-electron chi connectivity index (χ1n) is 10.3. The predicted molar refractivity (Wildman–Crippen MR) is 127 cm³/mol. The van der Waals surface area contributed by atoms with Crippen molar-refractivity contribution in [3.8, 4) is 5.69 Å². The Balaban J connectivity index is 0.000000369. The fourth-order valence-corrected chi connectivity index (χ4v) is 4.26. The fraction of sp³-hybridized carbons (Fsp3) is 0.214. The zero-order chi connectivity index (χ0) is 20.7. The van der Waals surface area contributed by atoms with Crippen LogP contribution in [0.3, 0.4) is 0 Å². The standard InChI is InChI=1S/C19H16N.C9H13.2ClH.Zr/c1-13-14(2)20(19-10-6-5-9-18(13)19)17-11-15-7-3-4-8-16(15)12-17;1-6-5-7(2)9(4)8(6)3;;;/h3-12H,1-2H3;5H,1-4H3;2*1H;/q2*-1;;;+4/p-2. The maximum atomic E-state index is 2.37. The van der Waals surface area contributed by atoms with Crippen LogP contribution in [0, 0.1) is 41.5 Å². The summed E-state index contributed by atoms with van der Waals surface area (Å²) in [6.45, 7) is 13.1. The van der Waals surface area contributed by atoms with E-state index >= 15 is 0 Å². The molecule has 0 spiro atoms. The summed E-state index contributed by atoms with van der Waals surface area (Å²) in [7, 11) is 0. The number of fused-ring (bicyclic) bond motifs is 2. The molecule has 4 heteroatoms. The quantitative estimate of drug-likeness (QED) is 0.285. The summed E-state index contributed by atoms with van der Waals surface area (Å²) in [4.78, 5) is 0. The molecular formula is C28H29Cl2NZr. The van der Waals surface area contributed by atoms with Gasteiger partial charge in [-0.15, -0.1) is 41.1 Å². The molecule has 1 aromatic heterocycles. The van der Waals surface area contributed by atoms with Gasteiger partial charge in [-0.25, -0.2) is 0 Å². The zero-order valence-corrected chi connectivity index (χ0v) is 23.5. The van der Waals surface area contributed by atoms with Crippen LogP contribution in [0.5, 0.6) is 0 Å². The molecule has 32 heavy (non-hydrogen) atoms. The largest absolute Gasteiger partial charge is 4.00 e. The van der Waals surface area contributed by atoms with Crippen LogP contribution in [0.2, 0.25) is 0 Å². The van der Waals surface area contributed by atoms with Crippen LogP contribution in [0.15, 0.2) is 66.7 Å². The van der Waals surface area contributed by atoms with Crippen molar-refractivity contribution in [1.82, 2.24) is 4.57 Å². The van der Waals surface area contributed by atoms with Crippen molar-refractivity contribution in [2.24, 2.45) is 0 Å². The van der Waals surface area contributed by atoms with Crippen molar-refractivity contribution in [2.45, 2.75) is 41.5 Å². The minimum atomic E-state index is 0. The van der Waals surface area contributed by atoms with Gasteiger partial charge in [0.2, 0.25) is 0 Å². The van der Waals surface area contributed by atoms with Gasteiger partial charge in [0.15, 0.2) is 0 Å². The van der Waals surface area contributed by atoms with Crippen LogP contribution in [0.25, 0.3) is 27.4 Å². The van der Waals surface area contributed by atoms with Crippen molar-refractivity contribution in [1.29, 1.82) is 0 Å². The maximum absolute atomic E-state index is 2.37. The van der Waals surface area contributed by atoms with Crippen LogP contribution in [0.4, 0.5) is 0 Å². The summed E-state index contributed by atoms with van der Waals surface area (Å²) in [5.41, 5.74) is 11.0. The topological polar surface area (TPSA) is 4.93 Å². The number of hydrogen-bond acceptors (Lipinski definition) is 0. The van der Waals surface area contributed by atoms with Crippen molar-refractivity contribution in [3.05, 3.63) is 100 Å². The van der Waals surface area contributed by atoms with Crippen molar-refractivity contribution >= 4 is 21.7 Å². The normalized spacial score (nSPS) is 10.1. The molecule has 0 aliphatic rings. The number of aryl methyl sites for hydroxylation is 3. The fourth-order valence-electron chi connectivity index (χ4n) is 4.26. The Morgan fingerprint density at radius 1 is 0.812 bits per heavy atom. The monoisotopic (exact) mass is 539 g/mol. The third-order valence-electron chi connectivity index (χ3n) is 6.47. The predicted octanol–water partition coefficient (Wildman–Crippen LogP) is 1.76. The SMILES string of the molecule is Cc1c(C)n(-c2cc3ccccc3[cH-]2)c2ccccc12.Cc1c[c-](C)c(C)c1C.[Cl-].[Cl-].[Zr+4]. The van der Waals surface area contributed by atoms with Gasteiger partial charge in [-0.2, -0.15) is 28.3 Å². The summed E-state index contributed by atoms with van der Waals surface area (Å²) >= 11 is 0. The van der Waals surface area contributed by atoms with Gasteiger partial charge in [-0.1, -0.05) is 52.0 Å². The van der Waals surface area contributed by atoms with E-state index in [1.54, 1.807) is 0 Å². The molecule has 5 rings (SSSR count). The Kier molecular flexibility index (Phi) is 10.2. The van der Waals surface area contributed by atoms with Crippen molar-refractivity contribution in [3.63, 3.8) is 0 Å². The Bertz CT molecular complexity index is 1260. The number of aromatic nitrogens is 1. The second-order valence-corrected chi connectivity index (χ2v) is 8.17. The molecule has 0 saturated carbocycles. The first-order chi connectivity index (χ1) is 13.9. The zero-order valence-electron chi connectivity index (χ0n) is 19.6. The van der Waals surface area contributed by atoms with E-state index in [1.807, 2.05) is 0 Å². The van der Waals surface area contributed by atoms with Gasteiger partial charge in [0.25, 0.3) is 0 Å². The van der Waals surface area contributed by atoms with Gasteiger partial charge >= 0.3 is 26.2 Å². The number of nitrogens with zero attached hydrogens (tertiary/aromatic N) is 1. The molecule has 0 saturated heterocycles. The van der Waals surface area contributed by atoms with Gasteiger partial charge < -0.3 is 29.4 Å². The van der Waals surface area contributed by atoms with E-state index in [4.69, 9.17) is 0 Å². The first kappa shape index (κ1) is 28.4. The molecule has 0 N–H and O–H groups in total. The van der Waals surface area contributed by atoms with Crippen molar-refractivity contribution < 1.29 is 51.0 Å². The Hall–Kier alpha value is -1.60. The number of hydrogen-bond donors (Lipinski definition) is 0. The van der Waals surface area contributed by atoms with E-state index in [1.165, 1.54) is 60.9 Å². The van der Waals surface area contributed by atoms with Gasteiger partial charge in [-0.3, -0.25) is 0 Å². The van der Waals surface area contributed by atoms with E-state index in [0.717, 1.165) is 0 Å². The second-order valence-electron chi connectivity index (χ2n) is 8.17. The van der Waals surface area contributed by atoms with Crippen LogP contribution in [0.1, 0.15) is 33.5 Å². The first-order valence-corrected chi connectivity index (χ1v) is 10.3. The third-order valence-corrected chi connectivity index (χ3v) is 6.47. The van der Waals surface area contributed by atoms with Crippen LogP contribution >= 0.6 is 0 Å². The molecule has 0 unspecified atom stereocenters. The molecule has 0 atom stereocenters. The Morgan fingerprint density at radius 3 is 2.00 bits per heavy atom. The van der Waals surface area contributed by atoms with Gasteiger partial charge in [-0.05, 0) is 31.2 Å². The molecule has 0 amide bonds. The van der Waals surface area contributed by atoms with Crippen LogP contribution in [-0.2, 0) is 26.2 Å². The molecule has 5 aromatic rings. The molecule has 164 valence electrons. The molecule has 0 aliphatic carbocycles. The third kappa shape index (κ3) is 5.14. The minimum Gasteiger partial charge on any atom is -1.00 e. The average Bonchev–Trinajstić information content (AvgIpc) is 3.32. The molecule has 0 fully saturated rings. The van der Waals surface area contributed by atoms with E-state index in [2.05, 4.69) is 113 Å². The van der Waals surface area contributed by atoms with Crippen LogP contribution < -0.4 is 24.8 Å². The van der Waals surface area contributed by atoms with E-state index in [-0.39, 0.29) is 51.0 Å². The van der Waals surface area contributed by atoms with Crippen LogP contribution in [-0.4, -0.2) is 4.57 Å². The van der Waals surface area contributed by atoms with Gasteiger partial charge in [0.1, 0.15) is 0 Å². The number of para-hydroxylation sites is 1. The van der Waals surface area contributed by atoms with Gasteiger partial charge in [0.05, 0.1) is 5.52 Å². The van der Waals surface area contributed by atoms with E-state index in [9.17, 15) is 0 Å². The average molecular weight is 542 g/mol.